The van der Waals surface area contributed by atoms with Crippen LogP contribution in [-0.4, -0.2) is 47.8 Å². The highest BCUT2D eigenvalue weighted by Gasteiger charge is 2.27. The Kier molecular flexibility index (Phi) is 4.67. The number of pyridine rings is 1. The zero-order valence-corrected chi connectivity index (χ0v) is 15.8. The maximum absolute atomic E-state index is 12.2. The molecule has 1 fully saturated rings. The average molecular weight is 392 g/mol. The van der Waals surface area contributed by atoms with Crippen molar-refractivity contribution in [1.29, 1.82) is 0 Å². The third kappa shape index (κ3) is 3.80. The van der Waals surface area contributed by atoms with Crippen LogP contribution in [0.1, 0.15) is 20.8 Å². The van der Waals surface area contributed by atoms with E-state index in [1.165, 1.54) is 0 Å². The number of anilines is 1. The number of carbonyl (C=O) groups excluding carboxylic acids is 1. The van der Waals surface area contributed by atoms with Gasteiger partial charge in [0, 0.05) is 31.6 Å². The van der Waals surface area contributed by atoms with E-state index in [9.17, 15) is 4.79 Å². The van der Waals surface area contributed by atoms with Crippen molar-refractivity contribution in [2.75, 3.05) is 31.1 Å². The van der Waals surface area contributed by atoms with Gasteiger partial charge in [0.15, 0.2) is 0 Å². The fourth-order valence-electron chi connectivity index (χ4n) is 2.73. The molecule has 5 nitrogen and oxygen atoms in total. The van der Waals surface area contributed by atoms with Crippen molar-refractivity contribution in [3.05, 3.63) is 34.8 Å². The first kappa shape index (κ1) is 17.0. The minimum atomic E-state index is -0.461. The predicted molar refractivity (Wildman–Crippen MR) is 99.5 cm³/mol. The van der Waals surface area contributed by atoms with Gasteiger partial charge in [0.2, 0.25) is 0 Å². The van der Waals surface area contributed by atoms with E-state index in [4.69, 9.17) is 9.72 Å². The SMILES string of the molecule is CC(C)(C)OC(=O)N1CCN(c2nc3ccccc3cc2Br)CC1. The molecule has 128 valence electrons. The van der Waals surface area contributed by atoms with Gasteiger partial charge in [-0.3, -0.25) is 0 Å². The lowest BCUT2D eigenvalue weighted by atomic mass is 10.2. The van der Waals surface area contributed by atoms with Gasteiger partial charge in [0.05, 0.1) is 9.99 Å². The quantitative estimate of drug-likeness (QED) is 0.735. The van der Waals surface area contributed by atoms with Gasteiger partial charge in [0.1, 0.15) is 11.4 Å². The van der Waals surface area contributed by atoms with Gasteiger partial charge in [-0.2, -0.15) is 0 Å². The summed E-state index contributed by atoms with van der Waals surface area (Å²) >= 11 is 3.63. The Balaban J connectivity index is 1.71. The Bertz CT molecular complexity index is 750. The van der Waals surface area contributed by atoms with E-state index >= 15 is 0 Å². The molecule has 0 spiro atoms. The topological polar surface area (TPSA) is 45.7 Å². The Morgan fingerprint density at radius 3 is 2.50 bits per heavy atom. The van der Waals surface area contributed by atoms with Crippen LogP contribution in [0, 0.1) is 0 Å². The van der Waals surface area contributed by atoms with Gasteiger partial charge in [-0.15, -0.1) is 0 Å². The summed E-state index contributed by atoms with van der Waals surface area (Å²) in [6.07, 6.45) is -0.243. The Morgan fingerprint density at radius 1 is 1.17 bits per heavy atom. The number of benzene rings is 1. The van der Waals surface area contributed by atoms with Crippen LogP contribution in [-0.2, 0) is 4.74 Å². The van der Waals surface area contributed by atoms with Crippen molar-refractivity contribution >= 4 is 38.7 Å². The molecule has 1 aromatic heterocycles. The maximum Gasteiger partial charge on any atom is 0.410 e. The van der Waals surface area contributed by atoms with E-state index in [0.717, 1.165) is 34.3 Å². The first-order valence-corrected chi connectivity index (χ1v) is 8.91. The molecule has 1 saturated heterocycles. The zero-order chi connectivity index (χ0) is 17.3. The van der Waals surface area contributed by atoms with Gasteiger partial charge in [-0.05, 0) is 48.8 Å². The number of rotatable bonds is 1. The van der Waals surface area contributed by atoms with Gasteiger partial charge in [-0.1, -0.05) is 18.2 Å². The van der Waals surface area contributed by atoms with Crippen molar-refractivity contribution < 1.29 is 9.53 Å². The van der Waals surface area contributed by atoms with Crippen LogP contribution in [0.3, 0.4) is 0 Å². The second-order valence-electron chi connectivity index (χ2n) is 6.94. The molecular formula is C18H22BrN3O2. The van der Waals surface area contributed by atoms with Crippen LogP contribution >= 0.6 is 15.9 Å². The number of carbonyl (C=O) groups is 1. The highest BCUT2D eigenvalue weighted by molar-refractivity contribution is 9.10. The number of amides is 1. The van der Waals surface area contributed by atoms with Crippen molar-refractivity contribution in [3.8, 4) is 0 Å². The number of nitrogens with zero attached hydrogens (tertiary/aromatic N) is 3. The average Bonchev–Trinajstić information content (AvgIpc) is 2.53. The summed E-state index contributed by atoms with van der Waals surface area (Å²) in [7, 11) is 0. The molecule has 0 atom stereocenters. The Morgan fingerprint density at radius 2 is 1.83 bits per heavy atom. The van der Waals surface area contributed by atoms with Crippen molar-refractivity contribution in [1.82, 2.24) is 9.88 Å². The molecule has 0 unspecified atom stereocenters. The van der Waals surface area contributed by atoms with E-state index < -0.39 is 5.60 Å². The third-order valence-electron chi connectivity index (χ3n) is 3.89. The number of hydrogen-bond donors (Lipinski definition) is 0. The Labute approximate surface area is 150 Å². The summed E-state index contributed by atoms with van der Waals surface area (Å²) < 4.78 is 6.42. The number of hydrogen-bond acceptors (Lipinski definition) is 4. The van der Waals surface area contributed by atoms with E-state index in [0.29, 0.717) is 13.1 Å². The van der Waals surface area contributed by atoms with E-state index in [-0.39, 0.29) is 6.09 Å². The summed E-state index contributed by atoms with van der Waals surface area (Å²) in [4.78, 5) is 20.9. The lowest BCUT2D eigenvalue weighted by Crippen LogP contribution is -2.50. The van der Waals surface area contributed by atoms with Crippen LogP contribution in [0.25, 0.3) is 10.9 Å². The molecule has 0 saturated carbocycles. The summed E-state index contributed by atoms with van der Waals surface area (Å²) in [5.74, 6) is 0.928. The van der Waals surface area contributed by atoms with Crippen LogP contribution in [0.2, 0.25) is 0 Å². The summed E-state index contributed by atoms with van der Waals surface area (Å²) in [5.41, 5.74) is 0.516. The third-order valence-corrected chi connectivity index (χ3v) is 4.47. The monoisotopic (exact) mass is 391 g/mol. The molecule has 3 rings (SSSR count). The zero-order valence-electron chi connectivity index (χ0n) is 14.3. The van der Waals surface area contributed by atoms with Crippen molar-refractivity contribution in [2.45, 2.75) is 26.4 Å². The molecule has 2 aromatic rings. The van der Waals surface area contributed by atoms with E-state index in [2.05, 4.69) is 33.0 Å². The van der Waals surface area contributed by atoms with Gasteiger partial charge in [-0.25, -0.2) is 9.78 Å². The summed E-state index contributed by atoms with van der Waals surface area (Å²) in [5, 5.41) is 1.11. The lowest BCUT2D eigenvalue weighted by molar-refractivity contribution is 0.0240. The second-order valence-corrected chi connectivity index (χ2v) is 7.80. The van der Waals surface area contributed by atoms with E-state index in [1.54, 1.807) is 4.90 Å². The molecule has 2 heterocycles. The number of piperazine rings is 1. The molecule has 0 aliphatic carbocycles. The maximum atomic E-state index is 12.2. The first-order valence-electron chi connectivity index (χ1n) is 8.12. The molecule has 0 N–H and O–H groups in total. The first-order chi connectivity index (χ1) is 11.3. The molecular weight excluding hydrogens is 370 g/mol. The standard InChI is InChI=1S/C18H22BrN3O2/c1-18(2,3)24-17(23)22-10-8-21(9-11-22)16-14(19)12-13-6-4-5-7-15(13)20-16/h4-7,12H,8-11H2,1-3H3. The highest BCUT2D eigenvalue weighted by atomic mass is 79.9. The summed E-state index contributed by atoms with van der Waals surface area (Å²) in [6, 6.07) is 10.2. The van der Waals surface area contributed by atoms with E-state index in [1.807, 2.05) is 39.0 Å². The van der Waals surface area contributed by atoms with Crippen LogP contribution in [0.5, 0.6) is 0 Å². The number of ether oxygens (including phenoxy) is 1. The minimum Gasteiger partial charge on any atom is -0.444 e. The normalized spacial score (nSPS) is 15.7. The highest BCUT2D eigenvalue weighted by Crippen LogP contribution is 2.29. The molecule has 1 aliphatic heterocycles. The molecule has 1 aromatic carbocycles. The molecule has 1 amide bonds. The Hall–Kier alpha value is -1.82. The number of fused-ring (bicyclic) bond motifs is 1. The number of halogens is 1. The van der Waals surface area contributed by atoms with Crippen LogP contribution in [0.4, 0.5) is 10.6 Å². The molecule has 1 aliphatic rings. The largest absolute Gasteiger partial charge is 0.444 e. The van der Waals surface area contributed by atoms with Gasteiger partial charge in [0.25, 0.3) is 0 Å². The molecule has 0 bridgehead atoms. The fraction of sp³-hybridized carbons (Fsp3) is 0.444. The lowest BCUT2D eigenvalue weighted by Gasteiger charge is -2.36. The van der Waals surface area contributed by atoms with Crippen molar-refractivity contribution in [3.63, 3.8) is 0 Å². The van der Waals surface area contributed by atoms with Crippen LogP contribution < -0.4 is 4.90 Å². The van der Waals surface area contributed by atoms with Gasteiger partial charge >= 0.3 is 6.09 Å². The predicted octanol–water partition coefficient (Wildman–Crippen LogP) is 4.05. The number of aromatic nitrogens is 1. The minimum absolute atomic E-state index is 0.243. The molecule has 6 heteroatoms. The fourth-order valence-corrected chi connectivity index (χ4v) is 3.32. The molecule has 0 radical (unpaired) electrons. The smallest absolute Gasteiger partial charge is 0.410 e. The second kappa shape index (κ2) is 6.59. The molecule has 24 heavy (non-hydrogen) atoms. The van der Waals surface area contributed by atoms with Crippen molar-refractivity contribution in [2.24, 2.45) is 0 Å². The summed E-state index contributed by atoms with van der Waals surface area (Å²) in [6.45, 7) is 8.41. The van der Waals surface area contributed by atoms with Gasteiger partial charge < -0.3 is 14.5 Å². The number of para-hydroxylation sites is 1. The van der Waals surface area contributed by atoms with Crippen LogP contribution in [0.15, 0.2) is 34.8 Å².